The number of benzene rings is 3. The second-order valence-electron chi connectivity index (χ2n) is 5.26. The van der Waals surface area contributed by atoms with Crippen molar-refractivity contribution in [3.8, 4) is 0 Å². The lowest BCUT2D eigenvalue weighted by Gasteiger charge is -2.00. The number of fused-ring (bicyclic) bond motifs is 4. The van der Waals surface area contributed by atoms with Crippen LogP contribution in [0.2, 0.25) is 0 Å². The van der Waals surface area contributed by atoms with Crippen molar-refractivity contribution in [3.05, 3.63) is 71.5 Å². The fourth-order valence-electron chi connectivity index (χ4n) is 2.82. The molecule has 0 N–H and O–H groups in total. The molecule has 2 aromatic heterocycles. The van der Waals surface area contributed by atoms with Crippen LogP contribution in [0.25, 0.3) is 25.9 Å². The van der Waals surface area contributed by atoms with Gasteiger partial charge in [0, 0.05) is 16.9 Å². The van der Waals surface area contributed by atoms with Gasteiger partial charge >= 0.3 is 0 Å². The largest absolute Gasteiger partial charge is 0.258 e. The van der Waals surface area contributed by atoms with Crippen LogP contribution in [0.3, 0.4) is 0 Å². The molecule has 0 spiro atoms. The zero-order valence-corrected chi connectivity index (χ0v) is 13.6. The van der Waals surface area contributed by atoms with E-state index in [1.54, 1.807) is 11.3 Å². The summed E-state index contributed by atoms with van der Waals surface area (Å²) in [6.07, 6.45) is 0. The van der Waals surface area contributed by atoms with Crippen molar-refractivity contribution in [2.75, 3.05) is 0 Å². The number of thiazole rings is 1. The fourth-order valence-corrected chi connectivity index (χ4v) is 4.67. The summed E-state index contributed by atoms with van der Waals surface area (Å²) >= 11 is 3.14. The lowest BCUT2D eigenvalue weighted by atomic mass is 10.1. The van der Waals surface area contributed by atoms with E-state index in [4.69, 9.17) is 4.99 Å². The molecule has 0 aliphatic rings. The van der Waals surface area contributed by atoms with E-state index < -0.39 is 0 Å². The average molecular weight is 333 g/mol. The molecule has 3 aromatic carbocycles. The van der Waals surface area contributed by atoms with Crippen LogP contribution in [-0.4, -0.2) is 8.77 Å². The molecule has 0 saturated carbocycles. The van der Waals surface area contributed by atoms with Crippen LogP contribution >= 0.6 is 22.9 Å². The maximum atomic E-state index is 4.91. The van der Waals surface area contributed by atoms with Gasteiger partial charge in [-0.1, -0.05) is 59.9 Å². The third-order valence-electron chi connectivity index (χ3n) is 3.88. The number of hydrogen-bond acceptors (Lipinski definition) is 4. The van der Waals surface area contributed by atoms with Crippen LogP contribution in [0.5, 0.6) is 0 Å². The minimum absolute atomic E-state index is 0.911. The lowest BCUT2D eigenvalue weighted by Crippen LogP contribution is -2.04. The first-order chi connectivity index (χ1) is 11.4. The van der Waals surface area contributed by atoms with Gasteiger partial charge in [-0.25, -0.2) is 4.99 Å². The van der Waals surface area contributed by atoms with Crippen LogP contribution in [0.1, 0.15) is 0 Å². The Morgan fingerprint density at radius 3 is 2.70 bits per heavy atom. The van der Waals surface area contributed by atoms with Gasteiger partial charge in [0.25, 0.3) is 0 Å². The Balaban J connectivity index is 1.87. The summed E-state index contributed by atoms with van der Waals surface area (Å²) in [5.74, 6) is 0. The summed E-state index contributed by atoms with van der Waals surface area (Å²) in [5, 5.41) is 2.37. The Kier molecular flexibility index (Phi) is 2.83. The molecule has 5 rings (SSSR count). The van der Waals surface area contributed by atoms with Crippen LogP contribution in [0.4, 0.5) is 5.69 Å². The van der Waals surface area contributed by atoms with Gasteiger partial charge in [-0.3, -0.25) is 4.40 Å². The van der Waals surface area contributed by atoms with Gasteiger partial charge in [-0.05, 0) is 23.6 Å². The Bertz CT molecular complexity index is 1220. The Morgan fingerprint density at radius 2 is 1.70 bits per heavy atom. The van der Waals surface area contributed by atoms with E-state index >= 15 is 0 Å². The van der Waals surface area contributed by atoms with Gasteiger partial charge in [0.2, 0.25) is 9.76 Å². The molecule has 110 valence electrons. The van der Waals surface area contributed by atoms with Crippen molar-refractivity contribution in [2.24, 2.45) is 4.99 Å². The third-order valence-corrected chi connectivity index (χ3v) is 5.72. The first-order valence-electron chi connectivity index (χ1n) is 7.29. The van der Waals surface area contributed by atoms with Crippen LogP contribution in [-0.2, 0) is 0 Å². The number of hydrogen-bond donors (Lipinski definition) is 0. The third kappa shape index (κ3) is 2.01. The van der Waals surface area contributed by atoms with Gasteiger partial charge in [-0.2, -0.15) is 4.37 Å². The number of rotatable bonds is 1. The molecule has 0 atom stereocenters. The molecule has 3 nitrogen and oxygen atoms in total. The summed E-state index contributed by atoms with van der Waals surface area (Å²) < 4.78 is 7.94. The van der Waals surface area contributed by atoms with Gasteiger partial charge in [0.05, 0.1) is 15.9 Å². The van der Waals surface area contributed by atoms with E-state index in [0.717, 1.165) is 20.8 Å². The van der Waals surface area contributed by atoms with E-state index in [0.29, 0.717) is 0 Å². The standard InChI is InChI=1S/C18H11N3S2/c1-2-8-13-12(6-1)7-5-9-14(13)19-17-21-15-10-3-4-11-16(15)22-18(21)20-23-17/h1-11H. The topological polar surface area (TPSA) is 29.7 Å². The minimum Gasteiger partial charge on any atom is -0.258 e. The Labute approximate surface area is 140 Å². The molecular weight excluding hydrogens is 322 g/mol. The molecule has 0 aliphatic carbocycles. The van der Waals surface area contributed by atoms with Crippen molar-refractivity contribution in [2.45, 2.75) is 0 Å². The van der Waals surface area contributed by atoms with Crippen LogP contribution in [0, 0.1) is 0 Å². The molecular formula is C18H11N3S2. The zero-order chi connectivity index (χ0) is 15.2. The molecule has 0 radical (unpaired) electrons. The molecule has 23 heavy (non-hydrogen) atoms. The minimum atomic E-state index is 0.911. The van der Waals surface area contributed by atoms with Gasteiger partial charge < -0.3 is 0 Å². The molecule has 5 heteroatoms. The molecule has 5 aromatic rings. The van der Waals surface area contributed by atoms with Crippen molar-refractivity contribution < 1.29 is 0 Å². The maximum Gasteiger partial charge on any atom is 0.215 e. The van der Waals surface area contributed by atoms with E-state index in [1.807, 2.05) is 0 Å². The lowest BCUT2D eigenvalue weighted by molar-refractivity contribution is 1.17. The first-order valence-corrected chi connectivity index (χ1v) is 8.88. The molecule has 0 unspecified atom stereocenters. The zero-order valence-electron chi connectivity index (χ0n) is 12.0. The Hall–Kier alpha value is -2.50. The summed E-state index contributed by atoms with van der Waals surface area (Å²) in [4.78, 5) is 6.81. The van der Waals surface area contributed by atoms with E-state index in [2.05, 4.69) is 75.5 Å². The maximum absolute atomic E-state index is 4.91. The molecule has 0 bridgehead atoms. The highest BCUT2D eigenvalue weighted by molar-refractivity contribution is 7.24. The SMILES string of the molecule is c1ccc2c(N=c3snc4sc5ccccc5n34)cccc2c1. The number of para-hydroxylation sites is 1. The second kappa shape index (κ2) is 5.01. The predicted octanol–water partition coefficient (Wildman–Crippen LogP) is 5.00. The van der Waals surface area contributed by atoms with Gasteiger partial charge in [0.1, 0.15) is 0 Å². The summed E-state index contributed by atoms with van der Waals surface area (Å²) in [5.41, 5.74) is 2.15. The van der Waals surface area contributed by atoms with Crippen LogP contribution < -0.4 is 4.80 Å². The summed E-state index contributed by atoms with van der Waals surface area (Å²) in [6.45, 7) is 0. The van der Waals surface area contributed by atoms with Crippen molar-refractivity contribution in [3.63, 3.8) is 0 Å². The highest BCUT2D eigenvalue weighted by atomic mass is 32.1. The molecule has 0 amide bonds. The number of nitrogens with zero attached hydrogens (tertiary/aromatic N) is 3. The summed E-state index contributed by atoms with van der Waals surface area (Å²) in [6, 6.07) is 22.9. The summed E-state index contributed by atoms with van der Waals surface area (Å²) in [7, 11) is 0. The normalized spacial score (nSPS) is 12.6. The molecule has 2 heterocycles. The van der Waals surface area contributed by atoms with Crippen LogP contribution in [0.15, 0.2) is 71.7 Å². The quantitative estimate of drug-likeness (QED) is 0.425. The van der Waals surface area contributed by atoms with Crippen molar-refractivity contribution >= 4 is 54.5 Å². The molecule has 0 aliphatic heterocycles. The van der Waals surface area contributed by atoms with E-state index in [9.17, 15) is 0 Å². The van der Waals surface area contributed by atoms with Gasteiger partial charge in [0.15, 0.2) is 0 Å². The van der Waals surface area contributed by atoms with Crippen molar-refractivity contribution in [1.29, 1.82) is 0 Å². The smallest absolute Gasteiger partial charge is 0.215 e. The molecule has 0 saturated heterocycles. The highest BCUT2D eigenvalue weighted by Gasteiger charge is 2.08. The predicted molar refractivity (Wildman–Crippen MR) is 97.6 cm³/mol. The average Bonchev–Trinajstić information content (AvgIpc) is 3.15. The highest BCUT2D eigenvalue weighted by Crippen LogP contribution is 2.27. The number of aromatic nitrogens is 2. The molecule has 0 fully saturated rings. The Morgan fingerprint density at radius 1 is 0.870 bits per heavy atom. The second-order valence-corrected chi connectivity index (χ2v) is 7.00. The first kappa shape index (κ1) is 13.0. The van der Waals surface area contributed by atoms with E-state index in [-0.39, 0.29) is 0 Å². The van der Waals surface area contributed by atoms with E-state index in [1.165, 1.54) is 27.1 Å². The fraction of sp³-hybridized carbons (Fsp3) is 0. The van der Waals surface area contributed by atoms with Crippen molar-refractivity contribution in [1.82, 2.24) is 8.77 Å². The monoisotopic (exact) mass is 333 g/mol. The van der Waals surface area contributed by atoms with Gasteiger partial charge in [-0.15, -0.1) is 0 Å².